The molecule has 0 saturated heterocycles. The molecule has 2 rings (SSSR count). The molecule has 0 amide bonds. The van der Waals surface area contributed by atoms with Crippen LogP contribution < -0.4 is 0 Å². The Morgan fingerprint density at radius 1 is 1.29 bits per heavy atom. The van der Waals surface area contributed by atoms with Crippen LogP contribution in [-0.4, -0.2) is 6.29 Å². The second-order valence-electron chi connectivity index (χ2n) is 4.76. The molecular weight excluding hydrogens is 172 g/mol. The van der Waals surface area contributed by atoms with Crippen molar-refractivity contribution in [2.24, 2.45) is 5.92 Å². The topological polar surface area (TPSA) is 17.1 Å². The molecular formula is C13H16O. The van der Waals surface area contributed by atoms with Crippen molar-refractivity contribution in [3.05, 3.63) is 35.4 Å². The van der Waals surface area contributed by atoms with Gasteiger partial charge >= 0.3 is 0 Å². The monoisotopic (exact) mass is 188 g/mol. The van der Waals surface area contributed by atoms with Crippen LogP contribution in [0.4, 0.5) is 0 Å². The molecule has 0 fully saturated rings. The van der Waals surface area contributed by atoms with Crippen molar-refractivity contribution in [2.45, 2.75) is 32.1 Å². The maximum Gasteiger partial charge on any atom is 0.127 e. The average Bonchev–Trinajstić information content (AvgIpc) is 2.37. The zero-order valence-electron chi connectivity index (χ0n) is 8.95. The van der Waals surface area contributed by atoms with E-state index in [0.717, 1.165) is 6.29 Å². The van der Waals surface area contributed by atoms with Gasteiger partial charge in [-0.25, -0.2) is 0 Å². The minimum atomic E-state index is 0.0844. The fraction of sp³-hybridized carbons (Fsp3) is 0.462. The molecule has 0 spiro atoms. The first-order valence-electron chi connectivity index (χ1n) is 5.13. The van der Waals surface area contributed by atoms with Crippen LogP contribution in [0.15, 0.2) is 24.3 Å². The summed E-state index contributed by atoms with van der Waals surface area (Å²) >= 11 is 0. The summed E-state index contributed by atoms with van der Waals surface area (Å²) < 4.78 is 0. The van der Waals surface area contributed by atoms with Gasteiger partial charge in [0.2, 0.25) is 0 Å². The van der Waals surface area contributed by atoms with Crippen molar-refractivity contribution in [3.8, 4) is 0 Å². The highest BCUT2D eigenvalue weighted by atomic mass is 16.1. The third kappa shape index (κ3) is 1.05. The number of carbonyl (C=O) groups is 1. The van der Waals surface area contributed by atoms with Crippen molar-refractivity contribution in [1.82, 2.24) is 0 Å². The lowest BCUT2D eigenvalue weighted by molar-refractivity contribution is -0.110. The van der Waals surface area contributed by atoms with Gasteiger partial charge in [0.25, 0.3) is 0 Å². The van der Waals surface area contributed by atoms with E-state index in [1.54, 1.807) is 0 Å². The normalized spacial score (nSPS) is 28.5. The molecule has 0 heterocycles. The molecule has 1 aliphatic rings. The zero-order chi connectivity index (χ0) is 10.3. The molecule has 1 nitrogen and oxygen atoms in total. The number of carbonyl (C=O) groups excluding carboxylic acids is 1. The van der Waals surface area contributed by atoms with Gasteiger partial charge in [-0.15, -0.1) is 0 Å². The molecule has 0 saturated carbocycles. The van der Waals surface area contributed by atoms with E-state index < -0.39 is 0 Å². The Labute approximate surface area is 85.1 Å². The second-order valence-corrected chi connectivity index (χ2v) is 4.76. The number of fused-ring (bicyclic) bond motifs is 1. The summed E-state index contributed by atoms with van der Waals surface area (Å²) in [5, 5.41) is 0. The van der Waals surface area contributed by atoms with Crippen LogP contribution in [-0.2, 0) is 10.2 Å². The van der Waals surface area contributed by atoms with Gasteiger partial charge < -0.3 is 4.79 Å². The van der Waals surface area contributed by atoms with Crippen LogP contribution in [0.3, 0.4) is 0 Å². The van der Waals surface area contributed by atoms with E-state index >= 15 is 0 Å². The lowest BCUT2D eigenvalue weighted by Crippen LogP contribution is -2.23. The van der Waals surface area contributed by atoms with Crippen LogP contribution >= 0.6 is 0 Å². The lowest BCUT2D eigenvalue weighted by Gasteiger charge is -2.26. The van der Waals surface area contributed by atoms with Gasteiger partial charge in [0.05, 0.1) is 0 Å². The van der Waals surface area contributed by atoms with E-state index in [-0.39, 0.29) is 11.3 Å². The molecule has 1 aromatic carbocycles. The predicted molar refractivity (Wildman–Crippen MR) is 57.4 cm³/mol. The largest absolute Gasteiger partial charge is 0.303 e. The summed E-state index contributed by atoms with van der Waals surface area (Å²) in [6, 6.07) is 8.30. The Morgan fingerprint density at radius 2 is 1.93 bits per heavy atom. The fourth-order valence-corrected chi connectivity index (χ4v) is 2.53. The van der Waals surface area contributed by atoms with Gasteiger partial charge in [-0.3, -0.25) is 0 Å². The summed E-state index contributed by atoms with van der Waals surface area (Å²) in [6.07, 6.45) is 1.10. The molecule has 14 heavy (non-hydrogen) atoms. The van der Waals surface area contributed by atoms with Crippen LogP contribution in [0.2, 0.25) is 0 Å². The van der Waals surface area contributed by atoms with Crippen molar-refractivity contribution >= 4 is 6.29 Å². The molecule has 1 aromatic rings. The van der Waals surface area contributed by atoms with Crippen molar-refractivity contribution in [1.29, 1.82) is 0 Å². The molecule has 0 aliphatic heterocycles. The zero-order valence-corrected chi connectivity index (χ0v) is 8.95. The van der Waals surface area contributed by atoms with E-state index in [1.807, 2.05) is 6.07 Å². The highest BCUT2D eigenvalue weighted by Gasteiger charge is 2.42. The Kier molecular flexibility index (Phi) is 1.99. The van der Waals surface area contributed by atoms with Crippen LogP contribution in [0.25, 0.3) is 0 Å². The Bertz CT molecular complexity index is 365. The van der Waals surface area contributed by atoms with Crippen molar-refractivity contribution in [3.63, 3.8) is 0 Å². The number of aldehydes is 1. The van der Waals surface area contributed by atoms with E-state index in [4.69, 9.17) is 0 Å². The Morgan fingerprint density at radius 3 is 2.57 bits per heavy atom. The molecule has 0 N–H and O–H groups in total. The number of hydrogen-bond acceptors (Lipinski definition) is 1. The number of hydrogen-bond donors (Lipinski definition) is 0. The number of benzene rings is 1. The van der Waals surface area contributed by atoms with E-state index in [9.17, 15) is 4.79 Å². The highest BCUT2D eigenvalue weighted by Crippen LogP contribution is 2.48. The van der Waals surface area contributed by atoms with Gasteiger partial charge in [-0.2, -0.15) is 0 Å². The Balaban J connectivity index is 2.62. The van der Waals surface area contributed by atoms with Crippen molar-refractivity contribution in [2.75, 3.05) is 0 Å². The molecule has 2 unspecified atom stereocenters. The SMILES string of the molecule is CC1C(C=O)c2ccccc2C1(C)C. The summed E-state index contributed by atoms with van der Waals surface area (Å²) in [5.41, 5.74) is 2.69. The maximum absolute atomic E-state index is 11.1. The maximum atomic E-state index is 11.1. The van der Waals surface area contributed by atoms with E-state index in [0.29, 0.717) is 5.92 Å². The average molecular weight is 188 g/mol. The summed E-state index contributed by atoms with van der Waals surface area (Å²) in [4.78, 5) is 11.1. The lowest BCUT2D eigenvalue weighted by atomic mass is 9.77. The van der Waals surface area contributed by atoms with Crippen LogP contribution in [0, 0.1) is 5.92 Å². The third-order valence-corrected chi connectivity index (χ3v) is 3.84. The number of rotatable bonds is 1. The minimum absolute atomic E-state index is 0.0844. The molecule has 74 valence electrons. The van der Waals surface area contributed by atoms with Gasteiger partial charge in [0, 0.05) is 5.92 Å². The first kappa shape index (κ1) is 9.45. The standard InChI is InChI=1S/C13H16O/c1-9-11(8-14)10-6-4-5-7-12(10)13(9,2)3/h4-9,11H,1-3H3. The molecule has 0 aromatic heterocycles. The Hall–Kier alpha value is -1.11. The molecule has 0 radical (unpaired) electrons. The molecule has 0 bridgehead atoms. The minimum Gasteiger partial charge on any atom is -0.303 e. The molecule has 1 aliphatic carbocycles. The molecule has 1 heteroatoms. The van der Waals surface area contributed by atoms with Gasteiger partial charge in [-0.05, 0) is 22.5 Å². The highest BCUT2D eigenvalue weighted by molar-refractivity contribution is 5.67. The second kappa shape index (κ2) is 2.94. The van der Waals surface area contributed by atoms with Gasteiger partial charge in [0.15, 0.2) is 0 Å². The summed E-state index contributed by atoms with van der Waals surface area (Å²) in [5.74, 6) is 0.485. The molecule has 2 atom stereocenters. The first-order chi connectivity index (χ1) is 6.59. The summed E-state index contributed by atoms with van der Waals surface area (Å²) in [7, 11) is 0. The summed E-state index contributed by atoms with van der Waals surface area (Å²) in [6.45, 7) is 6.61. The van der Waals surface area contributed by atoms with Gasteiger partial charge in [0.1, 0.15) is 6.29 Å². The van der Waals surface area contributed by atoms with Gasteiger partial charge in [-0.1, -0.05) is 45.0 Å². The quantitative estimate of drug-likeness (QED) is 0.619. The van der Waals surface area contributed by atoms with Crippen LogP contribution in [0.5, 0.6) is 0 Å². The first-order valence-corrected chi connectivity index (χ1v) is 5.13. The van der Waals surface area contributed by atoms with E-state index in [2.05, 4.69) is 39.0 Å². The third-order valence-electron chi connectivity index (χ3n) is 3.84. The van der Waals surface area contributed by atoms with Crippen molar-refractivity contribution < 1.29 is 4.79 Å². The smallest absolute Gasteiger partial charge is 0.127 e. The predicted octanol–water partition coefficient (Wildman–Crippen LogP) is 2.90. The van der Waals surface area contributed by atoms with E-state index in [1.165, 1.54) is 11.1 Å². The van der Waals surface area contributed by atoms with Crippen LogP contribution in [0.1, 0.15) is 37.8 Å². The fourth-order valence-electron chi connectivity index (χ4n) is 2.53.